The van der Waals surface area contributed by atoms with Gasteiger partial charge in [0.25, 0.3) is 0 Å². The van der Waals surface area contributed by atoms with Crippen LogP contribution >= 0.6 is 0 Å². The Labute approximate surface area is 76.1 Å². The highest BCUT2D eigenvalue weighted by molar-refractivity contribution is 5.13. The Morgan fingerprint density at radius 1 is 1.25 bits per heavy atom. The SMILES string of the molecule is CC(C)C1=CCC2(CCC2)CC1. The lowest BCUT2D eigenvalue weighted by Gasteiger charge is -2.44. The molecular weight excluding hydrogens is 144 g/mol. The van der Waals surface area contributed by atoms with Crippen LogP contribution in [0.4, 0.5) is 0 Å². The first kappa shape index (κ1) is 8.34. The second kappa shape index (κ2) is 2.90. The summed E-state index contributed by atoms with van der Waals surface area (Å²) in [6.45, 7) is 4.65. The van der Waals surface area contributed by atoms with E-state index in [1.165, 1.54) is 38.5 Å². The zero-order valence-corrected chi connectivity index (χ0v) is 8.40. The smallest absolute Gasteiger partial charge is 0.0260 e. The number of rotatable bonds is 1. The minimum Gasteiger partial charge on any atom is -0.0845 e. The Hall–Kier alpha value is -0.260. The molecule has 1 spiro atoms. The average Bonchev–Trinajstić information content (AvgIpc) is 2.02. The summed E-state index contributed by atoms with van der Waals surface area (Å²) in [7, 11) is 0. The summed E-state index contributed by atoms with van der Waals surface area (Å²) in [4.78, 5) is 0. The second-order valence-corrected chi connectivity index (χ2v) is 4.99. The molecule has 0 saturated heterocycles. The van der Waals surface area contributed by atoms with Crippen LogP contribution in [0, 0.1) is 11.3 Å². The Morgan fingerprint density at radius 3 is 2.33 bits per heavy atom. The third-order valence-electron chi connectivity index (χ3n) is 3.90. The van der Waals surface area contributed by atoms with Gasteiger partial charge in [-0.2, -0.15) is 0 Å². The summed E-state index contributed by atoms with van der Waals surface area (Å²) < 4.78 is 0. The molecule has 0 amide bonds. The van der Waals surface area contributed by atoms with E-state index in [0.717, 1.165) is 11.3 Å². The van der Waals surface area contributed by atoms with E-state index in [9.17, 15) is 0 Å². The molecule has 0 radical (unpaired) electrons. The number of hydrogen-bond acceptors (Lipinski definition) is 0. The van der Waals surface area contributed by atoms with Gasteiger partial charge in [0.15, 0.2) is 0 Å². The molecule has 2 rings (SSSR count). The summed E-state index contributed by atoms with van der Waals surface area (Å²) in [5.74, 6) is 0.794. The molecule has 0 aliphatic heterocycles. The molecule has 0 aromatic rings. The van der Waals surface area contributed by atoms with Crippen molar-refractivity contribution in [3.8, 4) is 0 Å². The van der Waals surface area contributed by atoms with Gasteiger partial charge in [-0.1, -0.05) is 31.9 Å². The van der Waals surface area contributed by atoms with Crippen molar-refractivity contribution in [1.82, 2.24) is 0 Å². The van der Waals surface area contributed by atoms with Gasteiger partial charge in [-0.05, 0) is 43.4 Å². The molecule has 0 heteroatoms. The van der Waals surface area contributed by atoms with E-state index in [0.29, 0.717) is 0 Å². The molecule has 0 atom stereocenters. The molecule has 0 aromatic heterocycles. The minimum atomic E-state index is 0.790. The van der Waals surface area contributed by atoms with Gasteiger partial charge in [-0.15, -0.1) is 0 Å². The van der Waals surface area contributed by atoms with Gasteiger partial charge in [0.05, 0.1) is 0 Å². The molecule has 0 bridgehead atoms. The molecule has 12 heavy (non-hydrogen) atoms. The normalized spacial score (nSPS) is 27.1. The molecule has 1 saturated carbocycles. The van der Waals surface area contributed by atoms with Gasteiger partial charge in [-0.25, -0.2) is 0 Å². The minimum absolute atomic E-state index is 0.790. The third-order valence-corrected chi connectivity index (χ3v) is 3.90. The first-order valence-electron chi connectivity index (χ1n) is 5.41. The Bertz CT molecular complexity index is 194. The van der Waals surface area contributed by atoms with Crippen molar-refractivity contribution in [2.45, 2.75) is 52.4 Å². The Balaban J connectivity index is 1.99. The average molecular weight is 164 g/mol. The highest BCUT2D eigenvalue weighted by Gasteiger charge is 2.37. The fraction of sp³-hybridized carbons (Fsp3) is 0.833. The largest absolute Gasteiger partial charge is 0.0845 e. The van der Waals surface area contributed by atoms with E-state index in [1.807, 2.05) is 0 Å². The summed E-state index contributed by atoms with van der Waals surface area (Å²) in [6.07, 6.45) is 11.3. The van der Waals surface area contributed by atoms with Crippen LogP contribution in [0.3, 0.4) is 0 Å². The van der Waals surface area contributed by atoms with Crippen LogP contribution in [0.15, 0.2) is 11.6 Å². The second-order valence-electron chi connectivity index (χ2n) is 4.99. The number of allylic oxidation sites excluding steroid dienone is 2. The van der Waals surface area contributed by atoms with Crippen molar-refractivity contribution in [2.75, 3.05) is 0 Å². The topological polar surface area (TPSA) is 0 Å². The molecule has 2 aliphatic carbocycles. The predicted octanol–water partition coefficient (Wildman–Crippen LogP) is 3.92. The maximum atomic E-state index is 2.54. The lowest BCUT2D eigenvalue weighted by Crippen LogP contribution is -2.31. The van der Waals surface area contributed by atoms with Gasteiger partial charge in [0.2, 0.25) is 0 Å². The van der Waals surface area contributed by atoms with Crippen LogP contribution in [0.2, 0.25) is 0 Å². The van der Waals surface area contributed by atoms with Crippen LogP contribution in [0.25, 0.3) is 0 Å². The zero-order chi connectivity index (χ0) is 8.60. The molecule has 0 aromatic carbocycles. The lowest BCUT2D eigenvalue weighted by atomic mass is 9.61. The molecular formula is C12H20. The molecule has 0 heterocycles. The van der Waals surface area contributed by atoms with Crippen molar-refractivity contribution in [2.24, 2.45) is 11.3 Å². The quantitative estimate of drug-likeness (QED) is 0.515. The summed E-state index contributed by atoms with van der Waals surface area (Å²) in [6, 6.07) is 0. The fourth-order valence-corrected chi connectivity index (χ4v) is 2.62. The molecule has 2 aliphatic rings. The summed E-state index contributed by atoms with van der Waals surface area (Å²) >= 11 is 0. The van der Waals surface area contributed by atoms with Crippen LogP contribution in [-0.2, 0) is 0 Å². The van der Waals surface area contributed by atoms with Gasteiger partial charge in [0.1, 0.15) is 0 Å². The highest BCUT2D eigenvalue weighted by atomic mass is 14.4. The van der Waals surface area contributed by atoms with Crippen molar-refractivity contribution >= 4 is 0 Å². The first-order chi connectivity index (χ1) is 5.72. The maximum Gasteiger partial charge on any atom is -0.0260 e. The van der Waals surface area contributed by atoms with E-state index >= 15 is 0 Å². The monoisotopic (exact) mass is 164 g/mol. The van der Waals surface area contributed by atoms with Crippen LogP contribution in [-0.4, -0.2) is 0 Å². The fourth-order valence-electron chi connectivity index (χ4n) is 2.62. The molecule has 0 nitrogen and oxygen atoms in total. The zero-order valence-electron chi connectivity index (χ0n) is 8.40. The van der Waals surface area contributed by atoms with Gasteiger partial charge >= 0.3 is 0 Å². The highest BCUT2D eigenvalue weighted by Crippen LogP contribution is 2.51. The molecule has 0 N–H and O–H groups in total. The molecule has 0 unspecified atom stereocenters. The predicted molar refractivity (Wildman–Crippen MR) is 53.1 cm³/mol. The van der Waals surface area contributed by atoms with E-state index < -0.39 is 0 Å². The van der Waals surface area contributed by atoms with Crippen LogP contribution in [0.1, 0.15) is 52.4 Å². The maximum absolute atomic E-state index is 2.54. The Morgan fingerprint density at radius 2 is 2.00 bits per heavy atom. The summed E-state index contributed by atoms with van der Waals surface area (Å²) in [5.41, 5.74) is 2.51. The van der Waals surface area contributed by atoms with Crippen molar-refractivity contribution in [3.63, 3.8) is 0 Å². The van der Waals surface area contributed by atoms with E-state index in [-0.39, 0.29) is 0 Å². The van der Waals surface area contributed by atoms with Gasteiger partial charge in [0, 0.05) is 0 Å². The molecule has 1 fully saturated rings. The van der Waals surface area contributed by atoms with E-state index in [4.69, 9.17) is 0 Å². The first-order valence-corrected chi connectivity index (χ1v) is 5.41. The van der Waals surface area contributed by atoms with Crippen molar-refractivity contribution in [1.29, 1.82) is 0 Å². The Kier molecular flexibility index (Phi) is 2.02. The summed E-state index contributed by atoms with van der Waals surface area (Å²) in [5, 5.41) is 0. The van der Waals surface area contributed by atoms with Gasteiger partial charge < -0.3 is 0 Å². The van der Waals surface area contributed by atoms with Crippen molar-refractivity contribution < 1.29 is 0 Å². The standard InChI is InChI=1S/C12H20/c1-10(2)11-4-8-12(9-5-11)6-3-7-12/h4,10H,3,5-9H2,1-2H3. The lowest BCUT2D eigenvalue weighted by molar-refractivity contribution is 0.115. The third kappa shape index (κ3) is 1.32. The van der Waals surface area contributed by atoms with E-state index in [1.54, 1.807) is 5.57 Å². The van der Waals surface area contributed by atoms with Crippen LogP contribution in [0.5, 0.6) is 0 Å². The van der Waals surface area contributed by atoms with Crippen LogP contribution < -0.4 is 0 Å². The molecule has 68 valence electrons. The number of hydrogen-bond donors (Lipinski definition) is 0. The van der Waals surface area contributed by atoms with E-state index in [2.05, 4.69) is 19.9 Å². The van der Waals surface area contributed by atoms with Crippen molar-refractivity contribution in [3.05, 3.63) is 11.6 Å². The van der Waals surface area contributed by atoms with Gasteiger partial charge in [-0.3, -0.25) is 0 Å².